The summed E-state index contributed by atoms with van der Waals surface area (Å²) in [4.78, 5) is 34.6. The first-order chi connectivity index (χ1) is 8.30. The van der Waals surface area contributed by atoms with Crippen LogP contribution in [0.5, 0.6) is 0 Å². The van der Waals surface area contributed by atoms with Gasteiger partial charge in [-0.25, -0.2) is 4.79 Å². The van der Waals surface area contributed by atoms with E-state index < -0.39 is 11.7 Å². The highest BCUT2D eigenvalue weighted by Gasteiger charge is 2.16. The van der Waals surface area contributed by atoms with Gasteiger partial charge in [-0.15, -0.1) is 0 Å². The van der Waals surface area contributed by atoms with Crippen molar-refractivity contribution in [1.82, 2.24) is 10.2 Å². The molecule has 0 atom stereocenters. The Labute approximate surface area is 108 Å². The van der Waals surface area contributed by atoms with E-state index in [0.29, 0.717) is 19.3 Å². The van der Waals surface area contributed by atoms with Gasteiger partial charge in [-0.1, -0.05) is 6.92 Å². The van der Waals surface area contributed by atoms with E-state index in [-0.39, 0.29) is 19.0 Å². The summed E-state index contributed by atoms with van der Waals surface area (Å²) in [6.45, 7) is 7.63. The largest absolute Gasteiger partial charge is 0.444 e. The lowest BCUT2D eigenvalue weighted by Crippen LogP contribution is -2.40. The van der Waals surface area contributed by atoms with Gasteiger partial charge in [0.2, 0.25) is 5.91 Å². The second-order valence-corrected chi connectivity index (χ2v) is 4.79. The first-order valence-corrected chi connectivity index (χ1v) is 5.98. The average Bonchev–Trinajstić information content (AvgIpc) is 2.24. The van der Waals surface area contributed by atoms with Crippen molar-refractivity contribution in [3.63, 3.8) is 0 Å². The maximum atomic E-state index is 11.4. The minimum atomic E-state index is -0.550. The molecule has 0 aromatic carbocycles. The van der Waals surface area contributed by atoms with Crippen LogP contribution in [0.2, 0.25) is 0 Å². The van der Waals surface area contributed by atoms with E-state index in [2.05, 4.69) is 5.32 Å². The number of rotatable bonds is 6. The number of amides is 2. The number of carbonyl (C=O) groups excluding carboxylic acids is 3. The third-order valence-corrected chi connectivity index (χ3v) is 2.00. The monoisotopic (exact) mass is 258 g/mol. The first kappa shape index (κ1) is 16.4. The van der Waals surface area contributed by atoms with Crippen LogP contribution in [0.4, 0.5) is 4.79 Å². The van der Waals surface area contributed by atoms with Gasteiger partial charge in [-0.3, -0.25) is 4.79 Å². The Morgan fingerprint density at radius 3 is 2.39 bits per heavy atom. The number of hydrogen-bond acceptors (Lipinski definition) is 4. The van der Waals surface area contributed by atoms with E-state index in [4.69, 9.17) is 4.74 Å². The van der Waals surface area contributed by atoms with Crippen LogP contribution in [0.1, 0.15) is 34.1 Å². The highest BCUT2D eigenvalue weighted by Crippen LogP contribution is 2.06. The SMILES string of the molecule is CCC(=O)N(CC=O)CCNC(=O)OC(C)(C)C. The quantitative estimate of drug-likeness (QED) is 0.720. The van der Waals surface area contributed by atoms with Gasteiger partial charge in [0.05, 0.1) is 6.54 Å². The Hall–Kier alpha value is -1.59. The molecule has 0 aliphatic carbocycles. The molecule has 0 aliphatic rings. The maximum absolute atomic E-state index is 11.4. The molecule has 1 N–H and O–H groups in total. The number of alkyl carbamates (subject to hydrolysis) is 1. The zero-order valence-electron chi connectivity index (χ0n) is 11.5. The molecule has 0 aromatic heterocycles. The van der Waals surface area contributed by atoms with Crippen LogP contribution in [0, 0.1) is 0 Å². The average molecular weight is 258 g/mol. The van der Waals surface area contributed by atoms with Crippen molar-refractivity contribution < 1.29 is 19.1 Å². The highest BCUT2D eigenvalue weighted by molar-refractivity contribution is 5.78. The molecule has 6 nitrogen and oxygen atoms in total. The fraction of sp³-hybridized carbons (Fsp3) is 0.750. The Morgan fingerprint density at radius 1 is 1.33 bits per heavy atom. The van der Waals surface area contributed by atoms with Crippen LogP contribution in [0.3, 0.4) is 0 Å². The molecular weight excluding hydrogens is 236 g/mol. The van der Waals surface area contributed by atoms with Crippen LogP contribution < -0.4 is 5.32 Å². The van der Waals surface area contributed by atoms with Crippen LogP contribution >= 0.6 is 0 Å². The summed E-state index contributed by atoms with van der Waals surface area (Å²) in [5, 5.41) is 2.54. The number of nitrogens with zero attached hydrogens (tertiary/aromatic N) is 1. The molecule has 0 bridgehead atoms. The molecule has 0 saturated heterocycles. The Bertz CT molecular complexity index is 297. The minimum absolute atomic E-state index is 0.0443. The molecule has 104 valence electrons. The van der Waals surface area contributed by atoms with Crippen molar-refractivity contribution in [3.05, 3.63) is 0 Å². The van der Waals surface area contributed by atoms with Gasteiger partial charge >= 0.3 is 6.09 Å². The molecular formula is C12H22N2O4. The molecule has 0 heterocycles. The minimum Gasteiger partial charge on any atom is -0.444 e. The number of nitrogens with one attached hydrogen (secondary N) is 1. The van der Waals surface area contributed by atoms with Crippen molar-refractivity contribution in [3.8, 4) is 0 Å². The smallest absolute Gasteiger partial charge is 0.407 e. The van der Waals surface area contributed by atoms with Gasteiger partial charge < -0.3 is 19.7 Å². The number of aldehydes is 1. The molecule has 0 unspecified atom stereocenters. The van der Waals surface area contributed by atoms with Gasteiger partial charge in [0.1, 0.15) is 11.9 Å². The third-order valence-electron chi connectivity index (χ3n) is 2.00. The predicted molar refractivity (Wildman–Crippen MR) is 67.2 cm³/mol. The number of ether oxygens (including phenoxy) is 1. The summed E-state index contributed by atoms with van der Waals surface area (Å²) in [6.07, 6.45) is 0.471. The van der Waals surface area contributed by atoms with Crippen LogP contribution in [0.25, 0.3) is 0 Å². The molecule has 6 heteroatoms. The van der Waals surface area contributed by atoms with Crippen LogP contribution in [-0.2, 0) is 14.3 Å². The topological polar surface area (TPSA) is 75.7 Å². The summed E-state index contributed by atoms with van der Waals surface area (Å²) in [5.41, 5.74) is -0.550. The molecule has 0 saturated carbocycles. The Kier molecular flexibility index (Phi) is 7.00. The van der Waals surface area contributed by atoms with E-state index >= 15 is 0 Å². The molecule has 0 aromatic rings. The molecule has 0 rings (SSSR count). The zero-order valence-corrected chi connectivity index (χ0v) is 11.5. The van der Waals surface area contributed by atoms with Gasteiger partial charge in [0, 0.05) is 19.5 Å². The van der Waals surface area contributed by atoms with Crippen molar-refractivity contribution >= 4 is 18.3 Å². The first-order valence-electron chi connectivity index (χ1n) is 5.98. The summed E-state index contributed by atoms with van der Waals surface area (Å²) < 4.78 is 5.04. The summed E-state index contributed by atoms with van der Waals surface area (Å²) in [5.74, 6) is -0.118. The summed E-state index contributed by atoms with van der Waals surface area (Å²) in [7, 11) is 0. The molecule has 18 heavy (non-hydrogen) atoms. The predicted octanol–water partition coefficient (Wildman–Crippen LogP) is 0.949. The normalized spacial score (nSPS) is 10.7. The number of carbonyl (C=O) groups is 3. The van der Waals surface area contributed by atoms with Gasteiger partial charge in [0.15, 0.2) is 0 Å². The summed E-state index contributed by atoms with van der Waals surface area (Å²) in [6, 6.07) is 0. The molecule has 2 amide bonds. The standard InChI is InChI=1S/C12H22N2O4/c1-5-10(16)14(8-9-15)7-6-13-11(17)18-12(2,3)4/h9H,5-8H2,1-4H3,(H,13,17). The lowest BCUT2D eigenvalue weighted by molar-refractivity contribution is -0.132. The van der Waals surface area contributed by atoms with Crippen molar-refractivity contribution in [2.45, 2.75) is 39.7 Å². The maximum Gasteiger partial charge on any atom is 0.407 e. The lowest BCUT2D eigenvalue weighted by atomic mass is 10.2. The van der Waals surface area contributed by atoms with Crippen LogP contribution in [0.15, 0.2) is 0 Å². The molecule has 0 spiro atoms. The highest BCUT2D eigenvalue weighted by atomic mass is 16.6. The third kappa shape index (κ3) is 7.65. The zero-order chi connectivity index (χ0) is 14.2. The molecule has 0 aliphatic heterocycles. The van der Waals surface area contributed by atoms with E-state index in [1.165, 1.54) is 4.90 Å². The van der Waals surface area contributed by atoms with E-state index in [1.807, 2.05) is 0 Å². The van der Waals surface area contributed by atoms with Gasteiger partial charge in [-0.05, 0) is 20.8 Å². The fourth-order valence-electron chi connectivity index (χ4n) is 1.24. The van der Waals surface area contributed by atoms with Crippen molar-refractivity contribution in [2.24, 2.45) is 0 Å². The lowest BCUT2D eigenvalue weighted by Gasteiger charge is -2.22. The number of hydrogen-bond donors (Lipinski definition) is 1. The Morgan fingerprint density at radius 2 is 1.94 bits per heavy atom. The van der Waals surface area contributed by atoms with Gasteiger partial charge in [-0.2, -0.15) is 0 Å². The van der Waals surface area contributed by atoms with Crippen molar-refractivity contribution in [1.29, 1.82) is 0 Å². The van der Waals surface area contributed by atoms with Crippen molar-refractivity contribution in [2.75, 3.05) is 19.6 Å². The Balaban J connectivity index is 4.03. The molecule has 0 fully saturated rings. The van der Waals surface area contributed by atoms with Gasteiger partial charge in [0.25, 0.3) is 0 Å². The molecule has 0 radical (unpaired) electrons. The fourth-order valence-corrected chi connectivity index (χ4v) is 1.24. The second kappa shape index (κ2) is 7.68. The summed E-state index contributed by atoms with van der Waals surface area (Å²) >= 11 is 0. The van der Waals surface area contributed by atoms with E-state index in [0.717, 1.165) is 0 Å². The van der Waals surface area contributed by atoms with E-state index in [1.54, 1.807) is 27.7 Å². The van der Waals surface area contributed by atoms with Crippen LogP contribution in [-0.4, -0.2) is 48.4 Å². The van der Waals surface area contributed by atoms with E-state index in [9.17, 15) is 14.4 Å². The second-order valence-electron chi connectivity index (χ2n) is 4.79.